The van der Waals surface area contributed by atoms with E-state index < -0.39 is 0 Å². The number of rotatable bonds is 2. The zero-order chi connectivity index (χ0) is 15.1. The molecule has 3 heterocycles. The number of fused-ring (bicyclic) bond motifs is 3. The van der Waals surface area contributed by atoms with Crippen molar-refractivity contribution in [2.45, 2.75) is 20.3 Å². The lowest BCUT2D eigenvalue weighted by molar-refractivity contribution is 0.669. The minimum Gasteiger partial charge on any atom is -0.455 e. The number of hydrogen-bond acceptors (Lipinski definition) is 3. The molecular formula is C19H16N2O. The molecule has 0 N–H and O–H groups in total. The van der Waals surface area contributed by atoms with Crippen LogP contribution in [0, 0.1) is 6.92 Å². The third-order valence-electron chi connectivity index (χ3n) is 4.10. The van der Waals surface area contributed by atoms with Crippen LogP contribution in [0.1, 0.15) is 18.2 Å². The van der Waals surface area contributed by atoms with Crippen molar-refractivity contribution < 1.29 is 4.42 Å². The van der Waals surface area contributed by atoms with Gasteiger partial charge in [0.05, 0.1) is 17.0 Å². The van der Waals surface area contributed by atoms with Crippen molar-refractivity contribution in [3.63, 3.8) is 0 Å². The predicted molar refractivity (Wildman–Crippen MR) is 88.9 cm³/mol. The lowest BCUT2D eigenvalue weighted by Gasteiger charge is -2.06. The van der Waals surface area contributed by atoms with Gasteiger partial charge in [0.25, 0.3) is 0 Å². The van der Waals surface area contributed by atoms with Gasteiger partial charge in [0.15, 0.2) is 0 Å². The average Bonchev–Trinajstić information content (AvgIpc) is 2.93. The summed E-state index contributed by atoms with van der Waals surface area (Å²) in [6.07, 6.45) is 4.80. The second-order valence-corrected chi connectivity index (χ2v) is 5.46. The Balaban J connectivity index is 2.04. The van der Waals surface area contributed by atoms with E-state index in [-0.39, 0.29) is 0 Å². The van der Waals surface area contributed by atoms with Gasteiger partial charge in [0, 0.05) is 23.2 Å². The maximum atomic E-state index is 6.10. The van der Waals surface area contributed by atoms with Gasteiger partial charge in [-0.2, -0.15) is 0 Å². The first-order valence-electron chi connectivity index (χ1n) is 7.50. The highest BCUT2D eigenvalue weighted by atomic mass is 16.3. The lowest BCUT2D eigenvalue weighted by atomic mass is 10.1. The molecule has 4 aromatic rings. The first-order chi connectivity index (χ1) is 10.8. The topological polar surface area (TPSA) is 38.9 Å². The highest BCUT2D eigenvalue weighted by Crippen LogP contribution is 2.35. The lowest BCUT2D eigenvalue weighted by Crippen LogP contribution is -1.92. The van der Waals surface area contributed by atoms with Crippen molar-refractivity contribution in [3.05, 3.63) is 60.0 Å². The first kappa shape index (κ1) is 13.0. The van der Waals surface area contributed by atoms with Gasteiger partial charge < -0.3 is 4.42 Å². The van der Waals surface area contributed by atoms with E-state index in [4.69, 9.17) is 4.42 Å². The molecule has 0 bridgehead atoms. The average molecular weight is 288 g/mol. The molecule has 3 aromatic heterocycles. The van der Waals surface area contributed by atoms with Crippen molar-refractivity contribution >= 4 is 21.9 Å². The van der Waals surface area contributed by atoms with Crippen LogP contribution in [0.25, 0.3) is 33.2 Å². The number of furan rings is 1. The highest BCUT2D eigenvalue weighted by molar-refractivity contribution is 6.09. The van der Waals surface area contributed by atoms with Gasteiger partial charge in [-0.25, -0.2) is 0 Å². The minimum absolute atomic E-state index is 0.866. The van der Waals surface area contributed by atoms with Crippen molar-refractivity contribution in [2.24, 2.45) is 0 Å². The molecule has 0 spiro atoms. The number of para-hydroxylation sites is 1. The van der Waals surface area contributed by atoms with Crippen molar-refractivity contribution in [1.82, 2.24) is 9.97 Å². The predicted octanol–water partition coefficient (Wildman–Crippen LogP) is 4.91. The fraction of sp³-hybridized carbons (Fsp3) is 0.158. The number of benzene rings is 1. The third kappa shape index (κ3) is 1.90. The highest BCUT2D eigenvalue weighted by Gasteiger charge is 2.16. The molecule has 0 aliphatic carbocycles. The van der Waals surface area contributed by atoms with Gasteiger partial charge in [-0.15, -0.1) is 0 Å². The summed E-state index contributed by atoms with van der Waals surface area (Å²) >= 11 is 0. The number of hydrogen-bond donors (Lipinski definition) is 0. The van der Waals surface area contributed by atoms with E-state index in [1.807, 2.05) is 37.5 Å². The Kier molecular flexibility index (Phi) is 2.93. The molecule has 0 amide bonds. The summed E-state index contributed by atoms with van der Waals surface area (Å²) in [5, 5.41) is 2.13. The smallest absolute Gasteiger partial charge is 0.148 e. The van der Waals surface area contributed by atoms with Crippen LogP contribution in [-0.2, 0) is 6.42 Å². The molecule has 4 rings (SSSR count). The number of aryl methyl sites for hydroxylation is 2. The molecule has 3 nitrogen and oxygen atoms in total. The Labute approximate surface area is 128 Å². The second-order valence-electron chi connectivity index (χ2n) is 5.46. The molecule has 108 valence electrons. The summed E-state index contributed by atoms with van der Waals surface area (Å²) in [7, 11) is 0. The van der Waals surface area contributed by atoms with E-state index >= 15 is 0 Å². The Hall–Kier alpha value is -2.68. The van der Waals surface area contributed by atoms with Gasteiger partial charge >= 0.3 is 0 Å². The fourth-order valence-electron chi connectivity index (χ4n) is 2.85. The molecule has 0 unspecified atom stereocenters. The molecule has 1 aromatic carbocycles. The van der Waals surface area contributed by atoms with Crippen LogP contribution in [0.2, 0.25) is 0 Å². The summed E-state index contributed by atoms with van der Waals surface area (Å²) in [5.74, 6) is 0. The van der Waals surface area contributed by atoms with E-state index in [0.717, 1.165) is 45.3 Å². The Morgan fingerprint density at radius 3 is 2.59 bits per heavy atom. The van der Waals surface area contributed by atoms with Crippen LogP contribution in [0.4, 0.5) is 0 Å². The molecule has 0 saturated heterocycles. The first-order valence-corrected chi connectivity index (χ1v) is 7.50. The largest absolute Gasteiger partial charge is 0.455 e. The maximum Gasteiger partial charge on any atom is 0.148 e. The van der Waals surface area contributed by atoms with Crippen LogP contribution in [0.3, 0.4) is 0 Å². The van der Waals surface area contributed by atoms with Gasteiger partial charge in [-0.05, 0) is 31.0 Å². The molecule has 0 radical (unpaired) electrons. The molecule has 22 heavy (non-hydrogen) atoms. The van der Waals surface area contributed by atoms with Crippen LogP contribution < -0.4 is 0 Å². The number of aromatic nitrogens is 2. The Morgan fingerprint density at radius 1 is 0.955 bits per heavy atom. The van der Waals surface area contributed by atoms with Crippen molar-refractivity contribution in [3.8, 4) is 11.3 Å². The van der Waals surface area contributed by atoms with Crippen LogP contribution in [0.15, 0.2) is 53.2 Å². The molecule has 0 aliphatic heterocycles. The van der Waals surface area contributed by atoms with E-state index in [1.165, 1.54) is 5.56 Å². The van der Waals surface area contributed by atoms with Crippen LogP contribution >= 0.6 is 0 Å². The van der Waals surface area contributed by atoms with Gasteiger partial charge in [-0.1, -0.05) is 31.2 Å². The second kappa shape index (κ2) is 4.95. The van der Waals surface area contributed by atoms with Crippen LogP contribution in [0.5, 0.6) is 0 Å². The Bertz CT molecular complexity index is 968. The third-order valence-corrected chi connectivity index (χ3v) is 4.10. The SMILES string of the molecule is CCc1ccc(-c2c(C)ncc3c2oc2ccccc23)nc1. The van der Waals surface area contributed by atoms with Crippen molar-refractivity contribution in [1.29, 1.82) is 0 Å². The molecular weight excluding hydrogens is 272 g/mol. The summed E-state index contributed by atoms with van der Waals surface area (Å²) in [6, 6.07) is 12.2. The fourth-order valence-corrected chi connectivity index (χ4v) is 2.85. The Morgan fingerprint density at radius 2 is 1.82 bits per heavy atom. The molecule has 0 fully saturated rings. The van der Waals surface area contributed by atoms with E-state index in [0.29, 0.717) is 0 Å². The summed E-state index contributed by atoms with van der Waals surface area (Å²) in [5.41, 5.74) is 5.81. The minimum atomic E-state index is 0.866. The summed E-state index contributed by atoms with van der Waals surface area (Å²) < 4.78 is 6.10. The normalized spacial score (nSPS) is 11.4. The van der Waals surface area contributed by atoms with Gasteiger partial charge in [0.1, 0.15) is 11.2 Å². The maximum absolute atomic E-state index is 6.10. The zero-order valence-corrected chi connectivity index (χ0v) is 12.6. The molecule has 3 heteroatoms. The van der Waals surface area contributed by atoms with Gasteiger partial charge in [0.2, 0.25) is 0 Å². The molecule has 0 saturated carbocycles. The molecule has 0 atom stereocenters. The standard InChI is InChI=1S/C19H16N2O/c1-3-13-8-9-16(21-10-13)18-12(2)20-11-15-14-6-4-5-7-17(14)22-19(15)18/h4-11H,3H2,1-2H3. The molecule has 0 aliphatic rings. The summed E-state index contributed by atoms with van der Waals surface area (Å²) in [4.78, 5) is 9.15. The van der Waals surface area contributed by atoms with E-state index in [1.54, 1.807) is 0 Å². The van der Waals surface area contributed by atoms with Crippen molar-refractivity contribution in [2.75, 3.05) is 0 Å². The number of nitrogens with zero attached hydrogens (tertiary/aromatic N) is 2. The quantitative estimate of drug-likeness (QED) is 0.526. The zero-order valence-electron chi connectivity index (χ0n) is 12.6. The monoisotopic (exact) mass is 288 g/mol. The van der Waals surface area contributed by atoms with E-state index in [2.05, 4.69) is 35.1 Å². The number of pyridine rings is 2. The van der Waals surface area contributed by atoms with Gasteiger partial charge in [-0.3, -0.25) is 9.97 Å². The van der Waals surface area contributed by atoms with E-state index in [9.17, 15) is 0 Å². The summed E-state index contributed by atoms with van der Waals surface area (Å²) in [6.45, 7) is 4.13. The van der Waals surface area contributed by atoms with Crippen LogP contribution in [-0.4, -0.2) is 9.97 Å².